The maximum atomic E-state index is 12.1. The Hall–Kier alpha value is -2.22. The molecule has 0 radical (unpaired) electrons. The molecule has 6 nitrogen and oxygen atoms in total. The molecule has 3 aromatic rings. The van der Waals surface area contributed by atoms with Crippen LogP contribution in [0.2, 0.25) is 10.0 Å². The predicted octanol–water partition coefficient (Wildman–Crippen LogP) is 4.78. The molecule has 1 N–H and O–H groups in total. The first kappa shape index (κ1) is 18.6. The summed E-state index contributed by atoms with van der Waals surface area (Å²) in [7, 11) is 1.58. The van der Waals surface area contributed by atoms with E-state index in [0.717, 1.165) is 17.3 Å². The highest BCUT2D eigenvalue weighted by Crippen LogP contribution is 2.30. The Bertz CT molecular complexity index is 933. The van der Waals surface area contributed by atoms with E-state index >= 15 is 0 Å². The van der Waals surface area contributed by atoms with Gasteiger partial charge in [-0.05, 0) is 30.3 Å². The van der Waals surface area contributed by atoms with Gasteiger partial charge in [0, 0.05) is 5.56 Å². The Morgan fingerprint density at radius 3 is 2.85 bits per heavy atom. The van der Waals surface area contributed by atoms with Gasteiger partial charge in [0.2, 0.25) is 11.8 Å². The summed E-state index contributed by atoms with van der Waals surface area (Å²) in [5, 5.41) is 11.6. The number of anilines is 1. The van der Waals surface area contributed by atoms with Gasteiger partial charge in [-0.1, -0.05) is 47.1 Å². The lowest BCUT2D eigenvalue weighted by Crippen LogP contribution is -2.14. The van der Waals surface area contributed by atoms with Crippen molar-refractivity contribution in [3.63, 3.8) is 0 Å². The predicted molar refractivity (Wildman–Crippen MR) is 102 cm³/mol. The molecule has 0 aliphatic carbocycles. The van der Waals surface area contributed by atoms with Crippen molar-refractivity contribution in [1.82, 2.24) is 10.2 Å². The van der Waals surface area contributed by atoms with Crippen LogP contribution in [0, 0.1) is 0 Å². The van der Waals surface area contributed by atoms with Crippen LogP contribution in [0.4, 0.5) is 5.69 Å². The second kappa shape index (κ2) is 8.44. The average Bonchev–Trinajstić information content (AvgIpc) is 3.13. The van der Waals surface area contributed by atoms with E-state index in [1.54, 1.807) is 31.4 Å². The number of aromatic nitrogens is 2. The van der Waals surface area contributed by atoms with E-state index in [0.29, 0.717) is 27.4 Å². The molecule has 0 spiro atoms. The topological polar surface area (TPSA) is 77.2 Å². The molecule has 0 unspecified atom stereocenters. The van der Waals surface area contributed by atoms with Crippen LogP contribution >= 0.6 is 35.0 Å². The van der Waals surface area contributed by atoms with E-state index < -0.39 is 0 Å². The van der Waals surface area contributed by atoms with E-state index in [2.05, 4.69) is 15.5 Å². The smallest absolute Gasteiger partial charge is 0.277 e. The van der Waals surface area contributed by atoms with Crippen LogP contribution in [0.1, 0.15) is 0 Å². The largest absolute Gasteiger partial charge is 0.497 e. The highest BCUT2D eigenvalue weighted by atomic mass is 35.5. The summed E-state index contributed by atoms with van der Waals surface area (Å²) in [6.45, 7) is 0. The highest BCUT2D eigenvalue weighted by Gasteiger charge is 2.13. The number of methoxy groups -OCH3 is 1. The fourth-order valence-corrected chi connectivity index (χ4v) is 2.97. The zero-order chi connectivity index (χ0) is 18.5. The summed E-state index contributed by atoms with van der Waals surface area (Å²) >= 11 is 13.1. The molecular formula is C17H13Cl2N3O3S. The van der Waals surface area contributed by atoms with E-state index in [1.807, 2.05) is 18.2 Å². The molecule has 1 heterocycles. The van der Waals surface area contributed by atoms with Crippen molar-refractivity contribution >= 4 is 46.6 Å². The molecule has 26 heavy (non-hydrogen) atoms. The van der Waals surface area contributed by atoms with Crippen LogP contribution in [0.25, 0.3) is 11.5 Å². The third kappa shape index (κ3) is 4.49. The maximum Gasteiger partial charge on any atom is 0.277 e. The Kier molecular flexibility index (Phi) is 6.03. The number of nitrogens with zero attached hydrogens (tertiary/aromatic N) is 2. The fourth-order valence-electron chi connectivity index (χ4n) is 2.05. The zero-order valence-corrected chi connectivity index (χ0v) is 15.9. The van der Waals surface area contributed by atoms with Crippen molar-refractivity contribution in [2.24, 2.45) is 0 Å². The number of benzene rings is 2. The van der Waals surface area contributed by atoms with E-state index in [4.69, 9.17) is 32.4 Å². The minimum atomic E-state index is -0.264. The van der Waals surface area contributed by atoms with Gasteiger partial charge in [-0.15, -0.1) is 10.2 Å². The van der Waals surface area contributed by atoms with Gasteiger partial charge in [-0.3, -0.25) is 4.79 Å². The number of nitrogens with one attached hydrogen (secondary N) is 1. The summed E-state index contributed by atoms with van der Waals surface area (Å²) in [6.07, 6.45) is 0. The quantitative estimate of drug-likeness (QED) is 0.590. The number of carbonyl (C=O) groups is 1. The Balaban J connectivity index is 1.61. The molecule has 134 valence electrons. The van der Waals surface area contributed by atoms with Crippen molar-refractivity contribution in [2.75, 3.05) is 18.2 Å². The second-order valence-electron chi connectivity index (χ2n) is 5.04. The first-order chi connectivity index (χ1) is 12.6. The van der Waals surface area contributed by atoms with Gasteiger partial charge in [0.25, 0.3) is 5.22 Å². The molecule has 0 aliphatic rings. The number of ether oxygens (including phenoxy) is 1. The van der Waals surface area contributed by atoms with E-state index in [-0.39, 0.29) is 16.9 Å². The van der Waals surface area contributed by atoms with Crippen LogP contribution in [0.5, 0.6) is 5.75 Å². The van der Waals surface area contributed by atoms with Crippen molar-refractivity contribution < 1.29 is 13.9 Å². The molecule has 0 saturated heterocycles. The van der Waals surface area contributed by atoms with Crippen LogP contribution in [-0.2, 0) is 4.79 Å². The molecule has 1 amide bonds. The maximum absolute atomic E-state index is 12.1. The standard InChI is InChI=1S/C17H13Cl2N3O3S/c1-24-11-5-2-4-10(8-11)16-21-22-17(25-16)26-9-14(23)20-13-7-3-6-12(18)15(13)19/h2-8H,9H2,1H3,(H,20,23). The first-order valence-electron chi connectivity index (χ1n) is 7.41. The number of hydrogen-bond donors (Lipinski definition) is 1. The molecule has 9 heteroatoms. The minimum absolute atomic E-state index is 0.0859. The Morgan fingerprint density at radius 1 is 1.23 bits per heavy atom. The van der Waals surface area contributed by atoms with Crippen molar-refractivity contribution in [3.8, 4) is 17.2 Å². The molecule has 2 aromatic carbocycles. The zero-order valence-electron chi connectivity index (χ0n) is 13.5. The SMILES string of the molecule is COc1cccc(-c2nnc(SCC(=O)Nc3cccc(Cl)c3Cl)o2)c1. The van der Waals surface area contributed by atoms with Gasteiger partial charge in [0.1, 0.15) is 5.75 Å². The molecule has 0 fully saturated rings. The van der Waals surface area contributed by atoms with Gasteiger partial charge in [-0.25, -0.2) is 0 Å². The van der Waals surface area contributed by atoms with Crippen molar-refractivity contribution in [2.45, 2.75) is 5.22 Å². The molecule has 0 aliphatic heterocycles. The third-order valence-electron chi connectivity index (χ3n) is 3.28. The van der Waals surface area contributed by atoms with Gasteiger partial charge < -0.3 is 14.5 Å². The molecule has 3 rings (SSSR count). The molecule has 0 atom stereocenters. The van der Waals surface area contributed by atoms with E-state index in [1.165, 1.54) is 0 Å². The lowest BCUT2D eigenvalue weighted by molar-refractivity contribution is -0.113. The number of carbonyl (C=O) groups excluding carboxylic acids is 1. The average molecular weight is 410 g/mol. The molecule has 0 bridgehead atoms. The van der Waals surface area contributed by atoms with Crippen LogP contribution in [0.15, 0.2) is 52.1 Å². The summed E-state index contributed by atoms with van der Waals surface area (Å²) in [6, 6.07) is 12.3. The van der Waals surface area contributed by atoms with Gasteiger partial charge in [0.05, 0.1) is 28.6 Å². The number of amides is 1. The lowest BCUT2D eigenvalue weighted by atomic mass is 10.2. The number of hydrogen-bond acceptors (Lipinski definition) is 6. The van der Waals surface area contributed by atoms with Crippen molar-refractivity contribution in [3.05, 3.63) is 52.5 Å². The van der Waals surface area contributed by atoms with Gasteiger partial charge >= 0.3 is 0 Å². The second-order valence-corrected chi connectivity index (χ2v) is 6.76. The van der Waals surface area contributed by atoms with Gasteiger partial charge in [0.15, 0.2) is 0 Å². The van der Waals surface area contributed by atoms with Crippen LogP contribution in [0.3, 0.4) is 0 Å². The third-order valence-corrected chi connectivity index (χ3v) is 4.91. The Morgan fingerprint density at radius 2 is 2.04 bits per heavy atom. The number of halogens is 2. The summed E-state index contributed by atoms with van der Waals surface area (Å²) in [5.41, 5.74) is 1.19. The van der Waals surface area contributed by atoms with Crippen molar-refractivity contribution in [1.29, 1.82) is 0 Å². The summed E-state index contributed by atoms with van der Waals surface area (Å²) < 4.78 is 10.7. The normalized spacial score (nSPS) is 10.6. The highest BCUT2D eigenvalue weighted by molar-refractivity contribution is 7.99. The summed E-state index contributed by atoms with van der Waals surface area (Å²) in [5.74, 6) is 0.862. The monoisotopic (exact) mass is 409 g/mol. The van der Waals surface area contributed by atoms with Crippen LogP contribution in [-0.4, -0.2) is 29.0 Å². The van der Waals surface area contributed by atoms with Crippen LogP contribution < -0.4 is 10.1 Å². The summed E-state index contributed by atoms with van der Waals surface area (Å²) in [4.78, 5) is 12.1. The Labute approximate surface area is 163 Å². The molecule has 0 saturated carbocycles. The lowest BCUT2D eigenvalue weighted by Gasteiger charge is -2.07. The number of thioether (sulfide) groups is 1. The molecular weight excluding hydrogens is 397 g/mol. The van der Waals surface area contributed by atoms with E-state index in [9.17, 15) is 4.79 Å². The first-order valence-corrected chi connectivity index (χ1v) is 9.15. The fraction of sp³-hybridized carbons (Fsp3) is 0.118. The van der Waals surface area contributed by atoms with Gasteiger partial charge in [-0.2, -0.15) is 0 Å². The number of rotatable bonds is 6. The minimum Gasteiger partial charge on any atom is -0.497 e. The molecule has 1 aromatic heterocycles.